The van der Waals surface area contributed by atoms with Gasteiger partial charge in [-0.15, -0.1) is 0 Å². The summed E-state index contributed by atoms with van der Waals surface area (Å²) in [6.45, 7) is 0. The van der Waals surface area contributed by atoms with Crippen LogP contribution < -0.4 is 11.5 Å². The number of hydrogen-bond acceptors (Lipinski definition) is 3. The van der Waals surface area contributed by atoms with Gasteiger partial charge in [-0.2, -0.15) is 0 Å². The van der Waals surface area contributed by atoms with Crippen molar-refractivity contribution in [3.63, 3.8) is 0 Å². The van der Waals surface area contributed by atoms with Crippen LogP contribution in [-0.4, -0.2) is 31.0 Å². The van der Waals surface area contributed by atoms with Crippen molar-refractivity contribution in [2.75, 3.05) is 14.1 Å². The second kappa shape index (κ2) is 4.03. The Kier molecular flexibility index (Phi) is 3.68. The summed E-state index contributed by atoms with van der Waals surface area (Å²) in [5.41, 5.74) is 10.6. The molecule has 0 aromatic carbocycles. The van der Waals surface area contributed by atoms with Crippen LogP contribution in [0.2, 0.25) is 0 Å². The summed E-state index contributed by atoms with van der Waals surface area (Å²) in [7, 11) is 3.71. The molecule has 0 aliphatic carbocycles. The van der Waals surface area contributed by atoms with E-state index in [9.17, 15) is 0 Å². The molecule has 0 amide bonds. The third-order valence-corrected chi connectivity index (χ3v) is 1.07. The predicted molar refractivity (Wildman–Crippen MR) is 42.7 cm³/mol. The van der Waals surface area contributed by atoms with Gasteiger partial charge in [0.25, 0.3) is 0 Å². The highest BCUT2D eigenvalue weighted by Gasteiger charge is 1.96. The molecule has 0 aromatic heterocycles. The number of nitrogens with zero attached hydrogens (tertiary/aromatic N) is 1. The van der Waals surface area contributed by atoms with Crippen molar-refractivity contribution in [2.24, 2.45) is 11.5 Å². The monoisotopic (exact) mass is 142 g/mol. The Bertz CT molecular complexity index is 139. The lowest BCUT2D eigenvalue weighted by molar-refractivity contribution is 0.351. The van der Waals surface area contributed by atoms with Crippen molar-refractivity contribution in [1.29, 1.82) is 5.41 Å². The summed E-state index contributed by atoms with van der Waals surface area (Å²) < 4.78 is 0. The van der Waals surface area contributed by atoms with Gasteiger partial charge in [0.2, 0.25) is 0 Å². The van der Waals surface area contributed by atoms with Gasteiger partial charge in [-0.05, 0) is 26.2 Å². The summed E-state index contributed by atoms with van der Waals surface area (Å²) in [5.74, 6) is 0.0253. The van der Waals surface area contributed by atoms with Crippen LogP contribution in [0.25, 0.3) is 0 Å². The SMILES string of the molecule is CN(C)C(N)/C=C\C(=N)N. The molecule has 0 spiro atoms. The third kappa shape index (κ3) is 4.05. The van der Waals surface area contributed by atoms with Crippen LogP contribution >= 0.6 is 0 Å². The molecule has 0 rings (SSSR count). The molecule has 1 unspecified atom stereocenters. The molecule has 0 saturated heterocycles. The molecule has 0 bridgehead atoms. The van der Waals surface area contributed by atoms with Gasteiger partial charge in [-0.25, -0.2) is 0 Å². The van der Waals surface area contributed by atoms with Crippen LogP contribution in [0.1, 0.15) is 0 Å². The van der Waals surface area contributed by atoms with Crippen molar-refractivity contribution in [3.8, 4) is 0 Å². The normalized spacial score (nSPS) is 14.4. The van der Waals surface area contributed by atoms with Crippen LogP contribution in [0.3, 0.4) is 0 Å². The molecule has 1 atom stereocenters. The van der Waals surface area contributed by atoms with E-state index in [0.717, 1.165) is 0 Å². The van der Waals surface area contributed by atoms with Crippen molar-refractivity contribution in [2.45, 2.75) is 6.17 Å². The molecule has 0 aliphatic heterocycles. The van der Waals surface area contributed by atoms with E-state index in [1.165, 1.54) is 6.08 Å². The first-order valence-corrected chi connectivity index (χ1v) is 2.98. The minimum absolute atomic E-state index is 0.0253. The molecule has 58 valence electrons. The van der Waals surface area contributed by atoms with E-state index >= 15 is 0 Å². The van der Waals surface area contributed by atoms with Gasteiger partial charge in [0.1, 0.15) is 5.84 Å². The molecular formula is C6H14N4. The predicted octanol–water partition coefficient (Wildman–Crippen LogP) is -0.675. The maximum absolute atomic E-state index is 6.85. The average Bonchev–Trinajstić information content (AvgIpc) is 1.82. The smallest absolute Gasteiger partial charge is 0.115 e. The van der Waals surface area contributed by atoms with Gasteiger partial charge < -0.3 is 11.5 Å². The van der Waals surface area contributed by atoms with Crippen LogP contribution in [-0.2, 0) is 0 Å². The van der Waals surface area contributed by atoms with Crippen LogP contribution in [0, 0.1) is 5.41 Å². The fourth-order valence-corrected chi connectivity index (χ4v) is 0.374. The number of rotatable bonds is 3. The highest BCUT2D eigenvalue weighted by molar-refractivity contribution is 5.88. The van der Waals surface area contributed by atoms with E-state index in [2.05, 4.69) is 0 Å². The molecule has 0 saturated carbocycles. The van der Waals surface area contributed by atoms with Gasteiger partial charge in [0, 0.05) is 0 Å². The first-order valence-electron chi connectivity index (χ1n) is 2.98. The number of likely N-dealkylation sites (N-methyl/N-ethyl adjacent to an activating group) is 1. The van der Waals surface area contributed by atoms with Gasteiger partial charge in [-0.3, -0.25) is 10.3 Å². The maximum Gasteiger partial charge on any atom is 0.115 e. The first-order chi connectivity index (χ1) is 4.54. The number of nitrogens with one attached hydrogen (secondary N) is 1. The first kappa shape index (κ1) is 9.13. The maximum atomic E-state index is 6.85. The van der Waals surface area contributed by atoms with Crippen LogP contribution in [0.4, 0.5) is 0 Å². The molecule has 0 aromatic rings. The standard InChI is InChI=1S/C6H14N4/c1-10(2)6(9)4-3-5(7)8/h3-4,6H,9H2,1-2H3,(H3,7,8)/b4-3-. The van der Waals surface area contributed by atoms with Crippen molar-refractivity contribution < 1.29 is 0 Å². The Balaban J connectivity index is 3.77. The van der Waals surface area contributed by atoms with Gasteiger partial charge in [0.15, 0.2) is 0 Å². The summed E-state index contributed by atoms with van der Waals surface area (Å²) in [5, 5.41) is 6.85. The lowest BCUT2D eigenvalue weighted by Crippen LogP contribution is -2.34. The van der Waals surface area contributed by atoms with E-state index < -0.39 is 0 Å². The van der Waals surface area contributed by atoms with Gasteiger partial charge >= 0.3 is 0 Å². The molecule has 0 fully saturated rings. The Morgan fingerprint density at radius 1 is 1.60 bits per heavy atom. The molecule has 10 heavy (non-hydrogen) atoms. The van der Waals surface area contributed by atoms with E-state index in [0.29, 0.717) is 0 Å². The zero-order chi connectivity index (χ0) is 8.15. The largest absolute Gasteiger partial charge is 0.384 e. The number of nitrogens with two attached hydrogens (primary N) is 2. The molecule has 4 heteroatoms. The summed E-state index contributed by atoms with van der Waals surface area (Å²) in [6.07, 6.45) is 2.98. The Morgan fingerprint density at radius 3 is 2.40 bits per heavy atom. The molecule has 4 nitrogen and oxygen atoms in total. The van der Waals surface area contributed by atoms with E-state index in [1.807, 2.05) is 19.0 Å². The van der Waals surface area contributed by atoms with Gasteiger partial charge in [-0.1, -0.05) is 0 Å². The van der Waals surface area contributed by atoms with E-state index in [4.69, 9.17) is 16.9 Å². The van der Waals surface area contributed by atoms with Crippen molar-refractivity contribution in [3.05, 3.63) is 12.2 Å². The summed E-state index contributed by atoms with van der Waals surface area (Å²) in [6, 6.07) is 0. The zero-order valence-corrected chi connectivity index (χ0v) is 6.33. The van der Waals surface area contributed by atoms with Gasteiger partial charge in [0.05, 0.1) is 6.17 Å². The molecular weight excluding hydrogens is 128 g/mol. The van der Waals surface area contributed by atoms with Crippen LogP contribution in [0.5, 0.6) is 0 Å². The third-order valence-electron chi connectivity index (χ3n) is 1.07. The second-order valence-electron chi connectivity index (χ2n) is 2.27. The topological polar surface area (TPSA) is 79.1 Å². The summed E-state index contributed by atoms with van der Waals surface area (Å²) >= 11 is 0. The minimum Gasteiger partial charge on any atom is -0.384 e. The highest BCUT2D eigenvalue weighted by Crippen LogP contribution is 1.84. The van der Waals surface area contributed by atoms with Crippen molar-refractivity contribution >= 4 is 5.84 Å². The lowest BCUT2D eigenvalue weighted by atomic mass is 10.4. The average molecular weight is 142 g/mol. The molecule has 0 aliphatic rings. The quantitative estimate of drug-likeness (QED) is 0.277. The second-order valence-corrected chi connectivity index (χ2v) is 2.27. The summed E-state index contributed by atoms with van der Waals surface area (Å²) in [4.78, 5) is 1.82. The Morgan fingerprint density at radius 2 is 2.10 bits per heavy atom. The number of amidine groups is 1. The van der Waals surface area contributed by atoms with Crippen LogP contribution in [0.15, 0.2) is 12.2 Å². The van der Waals surface area contributed by atoms with E-state index in [1.54, 1.807) is 6.08 Å². The molecule has 0 radical (unpaired) electrons. The highest BCUT2D eigenvalue weighted by atomic mass is 15.2. The fourth-order valence-electron chi connectivity index (χ4n) is 0.374. The zero-order valence-electron chi connectivity index (χ0n) is 6.33. The molecule has 0 heterocycles. The van der Waals surface area contributed by atoms with Crippen molar-refractivity contribution in [1.82, 2.24) is 4.90 Å². The minimum atomic E-state index is -0.163. The fraction of sp³-hybridized carbons (Fsp3) is 0.500. The van der Waals surface area contributed by atoms with E-state index in [-0.39, 0.29) is 12.0 Å². The Labute approximate surface area is 61.0 Å². The molecule has 5 N–H and O–H groups in total. The lowest BCUT2D eigenvalue weighted by Gasteiger charge is -2.14. The number of hydrogen-bond donors (Lipinski definition) is 3. The Hall–Kier alpha value is -0.870.